The van der Waals surface area contributed by atoms with Crippen LogP contribution in [0.3, 0.4) is 0 Å². The Hall–Kier alpha value is -0.120. The molecule has 3 heteroatoms. The number of nitrogens with one attached hydrogen (secondary N) is 2. The van der Waals surface area contributed by atoms with Crippen molar-refractivity contribution in [1.29, 1.82) is 0 Å². The minimum absolute atomic E-state index is 0.422. The standard InChI is InChI=1S/C10H22N2O/c1-3-9(2)12-5-4-10-8-11-6-7-13-10/h9-12H,3-8H2,1-2H3. The van der Waals surface area contributed by atoms with Gasteiger partial charge < -0.3 is 15.4 Å². The van der Waals surface area contributed by atoms with Crippen molar-refractivity contribution < 1.29 is 4.74 Å². The zero-order valence-electron chi connectivity index (χ0n) is 8.81. The first kappa shape index (κ1) is 11.0. The van der Waals surface area contributed by atoms with Crippen LogP contribution in [0.4, 0.5) is 0 Å². The first-order chi connectivity index (χ1) is 6.33. The highest BCUT2D eigenvalue weighted by Gasteiger charge is 2.12. The van der Waals surface area contributed by atoms with Gasteiger partial charge in [0.25, 0.3) is 0 Å². The lowest BCUT2D eigenvalue weighted by molar-refractivity contribution is 0.0235. The van der Waals surface area contributed by atoms with E-state index < -0.39 is 0 Å². The summed E-state index contributed by atoms with van der Waals surface area (Å²) in [6, 6.07) is 0.636. The lowest BCUT2D eigenvalue weighted by atomic mass is 10.2. The molecule has 78 valence electrons. The molecular weight excluding hydrogens is 164 g/mol. The lowest BCUT2D eigenvalue weighted by Gasteiger charge is -2.24. The van der Waals surface area contributed by atoms with Crippen LogP contribution in [0.2, 0.25) is 0 Å². The zero-order chi connectivity index (χ0) is 9.52. The van der Waals surface area contributed by atoms with Gasteiger partial charge in [0.1, 0.15) is 0 Å². The summed E-state index contributed by atoms with van der Waals surface area (Å²) in [6.45, 7) is 8.39. The average Bonchev–Trinajstić information content (AvgIpc) is 2.19. The summed E-state index contributed by atoms with van der Waals surface area (Å²) in [7, 11) is 0. The Morgan fingerprint density at radius 3 is 3.08 bits per heavy atom. The van der Waals surface area contributed by atoms with Crippen LogP contribution < -0.4 is 10.6 Å². The normalized spacial score (nSPS) is 25.8. The Labute approximate surface area is 81.2 Å². The molecule has 1 aliphatic heterocycles. The molecule has 0 radical (unpaired) electrons. The second-order valence-corrected chi connectivity index (χ2v) is 3.75. The molecule has 0 aromatic heterocycles. The lowest BCUT2D eigenvalue weighted by Crippen LogP contribution is -2.40. The maximum Gasteiger partial charge on any atom is 0.0712 e. The van der Waals surface area contributed by atoms with Crippen molar-refractivity contribution in [3.63, 3.8) is 0 Å². The molecule has 2 atom stereocenters. The third-order valence-electron chi connectivity index (χ3n) is 2.58. The summed E-state index contributed by atoms with van der Waals surface area (Å²) in [5, 5.41) is 6.81. The van der Waals surface area contributed by atoms with Gasteiger partial charge in [-0.3, -0.25) is 0 Å². The molecule has 0 bridgehead atoms. The quantitative estimate of drug-likeness (QED) is 0.665. The zero-order valence-corrected chi connectivity index (χ0v) is 8.81. The van der Waals surface area contributed by atoms with Crippen LogP contribution in [0.5, 0.6) is 0 Å². The number of rotatable bonds is 5. The molecular formula is C10H22N2O. The molecule has 13 heavy (non-hydrogen) atoms. The maximum atomic E-state index is 5.59. The van der Waals surface area contributed by atoms with Crippen molar-refractivity contribution in [3.8, 4) is 0 Å². The SMILES string of the molecule is CCC(C)NCCC1CNCCO1. The minimum Gasteiger partial charge on any atom is -0.376 e. The molecule has 0 aromatic rings. The van der Waals surface area contributed by atoms with Gasteiger partial charge in [-0.2, -0.15) is 0 Å². The average molecular weight is 186 g/mol. The van der Waals surface area contributed by atoms with E-state index in [2.05, 4.69) is 24.5 Å². The Balaban J connectivity index is 1.98. The molecule has 0 aromatic carbocycles. The van der Waals surface area contributed by atoms with Gasteiger partial charge in [-0.25, -0.2) is 0 Å². The van der Waals surface area contributed by atoms with E-state index in [0.29, 0.717) is 12.1 Å². The van der Waals surface area contributed by atoms with E-state index >= 15 is 0 Å². The van der Waals surface area contributed by atoms with Crippen LogP contribution in [-0.2, 0) is 4.74 Å². The molecule has 3 nitrogen and oxygen atoms in total. The molecule has 1 fully saturated rings. The summed E-state index contributed by atoms with van der Waals surface area (Å²) >= 11 is 0. The van der Waals surface area contributed by atoms with Crippen molar-refractivity contribution in [2.45, 2.75) is 38.8 Å². The maximum absolute atomic E-state index is 5.59. The van der Waals surface area contributed by atoms with Gasteiger partial charge >= 0.3 is 0 Å². The van der Waals surface area contributed by atoms with E-state index in [4.69, 9.17) is 4.74 Å². The molecule has 1 saturated heterocycles. The van der Waals surface area contributed by atoms with Gasteiger partial charge in [0.05, 0.1) is 12.7 Å². The molecule has 1 rings (SSSR count). The van der Waals surface area contributed by atoms with E-state index in [0.717, 1.165) is 32.7 Å². The second-order valence-electron chi connectivity index (χ2n) is 3.75. The molecule has 0 saturated carbocycles. The van der Waals surface area contributed by atoms with Gasteiger partial charge in [0.15, 0.2) is 0 Å². The third-order valence-corrected chi connectivity index (χ3v) is 2.58. The van der Waals surface area contributed by atoms with Crippen LogP contribution in [-0.4, -0.2) is 38.4 Å². The topological polar surface area (TPSA) is 33.3 Å². The van der Waals surface area contributed by atoms with Gasteiger partial charge in [0.2, 0.25) is 0 Å². The fourth-order valence-electron chi connectivity index (χ4n) is 1.44. The number of hydrogen-bond donors (Lipinski definition) is 2. The monoisotopic (exact) mass is 186 g/mol. The molecule has 2 N–H and O–H groups in total. The fourth-order valence-corrected chi connectivity index (χ4v) is 1.44. The Kier molecular flexibility index (Phi) is 5.35. The number of morpholine rings is 1. The smallest absolute Gasteiger partial charge is 0.0712 e. The van der Waals surface area contributed by atoms with Crippen molar-refractivity contribution in [2.75, 3.05) is 26.2 Å². The van der Waals surface area contributed by atoms with Crippen LogP contribution in [0.15, 0.2) is 0 Å². The summed E-state index contributed by atoms with van der Waals surface area (Å²) in [6.07, 6.45) is 2.74. The molecule has 0 spiro atoms. The highest BCUT2D eigenvalue weighted by molar-refractivity contribution is 4.69. The van der Waals surface area contributed by atoms with Crippen molar-refractivity contribution in [3.05, 3.63) is 0 Å². The molecule has 1 aliphatic rings. The molecule has 1 heterocycles. The number of hydrogen-bond acceptors (Lipinski definition) is 3. The first-order valence-electron chi connectivity index (χ1n) is 5.38. The van der Waals surface area contributed by atoms with Crippen LogP contribution in [0.1, 0.15) is 26.7 Å². The van der Waals surface area contributed by atoms with Crippen molar-refractivity contribution in [1.82, 2.24) is 10.6 Å². The van der Waals surface area contributed by atoms with Crippen LogP contribution in [0.25, 0.3) is 0 Å². The predicted molar refractivity (Wildman–Crippen MR) is 55.0 cm³/mol. The van der Waals surface area contributed by atoms with Crippen LogP contribution >= 0.6 is 0 Å². The van der Waals surface area contributed by atoms with Gasteiger partial charge in [-0.05, 0) is 26.3 Å². The largest absolute Gasteiger partial charge is 0.376 e. The van der Waals surface area contributed by atoms with E-state index in [1.165, 1.54) is 6.42 Å². The first-order valence-corrected chi connectivity index (χ1v) is 5.38. The highest BCUT2D eigenvalue weighted by Crippen LogP contribution is 2.00. The van der Waals surface area contributed by atoms with Gasteiger partial charge in [0, 0.05) is 19.1 Å². The third kappa shape index (κ3) is 4.60. The van der Waals surface area contributed by atoms with E-state index in [9.17, 15) is 0 Å². The van der Waals surface area contributed by atoms with E-state index in [-0.39, 0.29) is 0 Å². The van der Waals surface area contributed by atoms with E-state index in [1.54, 1.807) is 0 Å². The summed E-state index contributed by atoms with van der Waals surface area (Å²) in [5.41, 5.74) is 0. The molecule has 0 aliphatic carbocycles. The Morgan fingerprint density at radius 1 is 1.62 bits per heavy atom. The Morgan fingerprint density at radius 2 is 2.46 bits per heavy atom. The summed E-state index contributed by atoms with van der Waals surface area (Å²) in [5.74, 6) is 0. The fraction of sp³-hybridized carbons (Fsp3) is 1.00. The van der Waals surface area contributed by atoms with Gasteiger partial charge in [-0.1, -0.05) is 6.92 Å². The minimum atomic E-state index is 0.422. The molecule has 0 amide bonds. The molecule has 2 unspecified atom stereocenters. The van der Waals surface area contributed by atoms with Crippen LogP contribution in [0, 0.1) is 0 Å². The summed E-state index contributed by atoms with van der Waals surface area (Å²) < 4.78 is 5.59. The number of ether oxygens (including phenoxy) is 1. The van der Waals surface area contributed by atoms with Gasteiger partial charge in [-0.15, -0.1) is 0 Å². The predicted octanol–water partition coefficient (Wildman–Crippen LogP) is 0.753. The second kappa shape index (κ2) is 6.35. The summed E-state index contributed by atoms with van der Waals surface area (Å²) in [4.78, 5) is 0. The van der Waals surface area contributed by atoms with E-state index in [1.807, 2.05) is 0 Å². The highest BCUT2D eigenvalue weighted by atomic mass is 16.5. The Bertz CT molecular complexity index is 124. The van der Waals surface area contributed by atoms with Crippen molar-refractivity contribution in [2.24, 2.45) is 0 Å². The van der Waals surface area contributed by atoms with Crippen molar-refractivity contribution >= 4 is 0 Å².